The third-order valence-electron chi connectivity index (χ3n) is 6.39. The predicted molar refractivity (Wildman–Crippen MR) is 115 cm³/mol. The molecule has 3 heterocycles. The van der Waals surface area contributed by atoms with E-state index >= 15 is 0 Å². The Bertz CT molecular complexity index is 1060. The van der Waals surface area contributed by atoms with Gasteiger partial charge in [-0.3, -0.25) is 4.84 Å². The number of benzene rings is 2. The third-order valence-corrected chi connectivity index (χ3v) is 6.39. The van der Waals surface area contributed by atoms with Crippen molar-refractivity contribution >= 4 is 17.0 Å². The van der Waals surface area contributed by atoms with Crippen LogP contribution < -0.4 is 5.32 Å². The summed E-state index contributed by atoms with van der Waals surface area (Å²) in [7, 11) is 2.09. The molecule has 1 aromatic heterocycles. The molecule has 2 aliphatic heterocycles. The second-order valence-corrected chi connectivity index (χ2v) is 8.06. The molecule has 0 saturated carbocycles. The van der Waals surface area contributed by atoms with E-state index in [1.54, 1.807) is 0 Å². The number of nitrogens with zero attached hydrogens (tertiary/aromatic N) is 2. The molecule has 2 aliphatic rings. The Morgan fingerprint density at radius 1 is 1.17 bits per heavy atom. The van der Waals surface area contributed by atoms with Gasteiger partial charge in [0.2, 0.25) is 0 Å². The van der Waals surface area contributed by atoms with Gasteiger partial charge in [-0.05, 0) is 30.0 Å². The maximum atomic E-state index is 12.7. The van der Waals surface area contributed by atoms with E-state index in [0.717, 1.165) is 30.6 Å². The standard InChI is InChI=1S/C24H27N3O3/c1-3-19-21(25-24(28)29-15-16-9-5-4-6-10-16)23-22-18(13-14-27(19)30-23)17-11-7-8-12-20(17)26(22)2/h4-12,19,21,23H,3,13-15H2,1-2H3,(H,25,28)/t19-,21-,23-/m1/s1. The minimum absolute atomic E-state index is 0.116. The Hall–Kier alpha value is -2.83. The molecule has 1 fully saturated rings. The first-order valence-corrected chi connectivity index (χ1v) is 10.6. The Morgan fingerprint density at radius 3 is 2.73 bits per heavy atom. The number of para-hydroxylation sites is 1. The molecular formula is C24H27N3O3. The van der Waals surface area contributed by atoms with Crippen LogP contribution in [0.3, 0.4) is 0 Å². The molecule has 156 valence electrons. The minimum Gasteiger partial charge on any atom is -0.445 e. The summed E-state index contributed by atoms with van der Waals surface area (Å²) in [6.45, 7) is 3.20. The number of nitrogens with one attached hydrogen (secondary N) is 1. The van der Waals surface area contributed by atoms with Gasteiger partial charge < -0.3 is 14.6 Å². The topological polar surface area (TPSA) is 55.7 Å². The molecule has 1 amide bonds. The summed E-state index contributed by atoms with van der Waals surface area (Å²) in [5, 5.41) is 6.45. The number of carbonyl (C=O) groups excluding carboxylic acids is 1. The van der Waals surface area contributed by atoms with Crippen LogP contribution in [0.1, 0.15) is 36.3 Å². The molecule has 2 aromatic carbocycles. The van der Waals surface area contributed by atoms with Crippen molar-refractivity contribution in [1.82, 2.24) is 14.9 Å². The van der Waals surface area contributed by atoms with E-state index in [-0.39, 0.29) is 24.8 Å². The Labute approximate surface area is 176 Å². The fourth-order valence-corrected chi connectivity index (χ4v) is 4.98. The second kappa shape index (κ2) is 7.78. The van der Waals surface area contributed by atoms with E-state index in [1.165, 1.54) is 16.5 Å². The van der Waals surface area contributed by atoms with Gasteiger partial charge in [0.1, 0.15) is 12.7 Å². The van der Waals surface area contributed by atoms with Crippen LogP contribution in [-0.2, 0) is 29.6 Å². The first kappa shape index (κ1) is 19.2. The van der Waals surface area contributed by atoms with E-state index in [0.29, 0.717) is 0 Å². The highest BCUT2D eigenvalue weighted by Gasteiger charge is 2.48. The number of amides is 1. The SMILES string of the molecule is CC[C@@H]1[C@@H](NC(=O)OCc2ccccc2)[C@H]2ON1CCc1c2n(C)c2ccccc12. The van der Waals surface area contributed by atoms with Crippen molar-refractivity contribution in [1.29, 1.82) is 0 Å². The lowest BCUT2D eigenvalue weighted by Gasteiger charge is -2.27. The fourth-order valence-electron chi connectivity index (χ4n) is 4.98. The van der Waals surface area contributed by atoms with Crippen molar-refractivity contribution in [3.63, 3.8) is 0 Å². The molecule has 1 N–H and O–H groups in total. The van der Waals surface area contributed by atoms with Crippen LogP contribution in [0, 0.1) is 0 Å². The molecule has 1 unspecified atom stereocenters. The van der Waals surface area contributed by atoms with Crippen LogP contribution in [0.5, 0.6) is 0 Å². The van der Waals surface area contributed by atoms with Gasteiger partial charge >= 0.3 is 6.09 Å². The quantitative estimate of drug-likeness (QED) is 0.710. The lowest BCUT2D eigenvalue weighted by atomic mass is 9.93. The number of ether oxygens (including phenoxy) is 1. The van der Waals surface area contributed by atoms with Gasteiger partial charge in [-0.1, -0.05) is 55.5 Å². The molecule has 5 rings (SSSR count). The zero-order chi connectivity index (χ0) is 20.7. The zero-order valence-electron chi connectivity index (χ0n) is 17.4. The van der Waals surface area contributed by atoms with E-state index in [1.807, 2.05) is 30.3 Å². The van der Waals surface area contributed by atoms with Crippen LogP contribution in [0.4, 0.5) is 4.79 Å². The van der Waals surface area contributed by atoms with Crippen LogP contribution in [0.15, 0.2) is 54.6 Å². The molecule has 1 saturated heterocycles. The number of alkyl carbamates (subject to hydrolysis) is 1. The van der Waals surface area contributed by atoms with Crippen molar-refractivity contribution < 1.29 is 14.4 Å². The summed E-state index contributed by atoms with van der Waals surface area (Å²) in [5.74, 6) is 0. The Balaban J connectivity index is 1.42. The molecule has 30 heavy (non-hydrogen) atoms. The van der Waals surface area contributed by atoms with Gasteiger partial charge in [0, 0.05) is 24.5 Å². The highest BCUT2D eigenvalue weighted by atomic mass is 16.7. The van der Waals surface area contributed by atoms with Crippen LogP contribution in [-0.4, -0.2) is 34.4 Å². The average molecular weight is 405 g/mol. The number of hydrogen-bond acceptors (Lipinski definition) is 4. The van der Waals surface area contributed by atoms with E-state index < -0.39 is 6.09 Å². The Morgan fingerprint density at radius 2 is 1.93 bits per heavy atom. The van der Waals surface area contributed by atoms with Crippen molar-refractivity contribution in [2.24, 2.45) is 7.05 Å². The summed E-state index contributed by atoms with van der Waals surface area (Å²) in [5.41, 5.74) is 4.64. The molecule has 0 radical (unpaired) electrons. The summed E-state index contributed by atoms with van der Waals surface area (Å²) < 4.78 is 7.73. The van der Waals surface area contributed by atoms with Crippen LogP contribution >= 0.6 is 0 Å². The second-order valence-electron chi connectivity index (χ2n) is 8.06. The summed E-state index contributed by atoms with van der Waals surface area (Å²) in [4.78, 5) is 19.0. The van der Waals surface area contributed by atoms with Crippen molar-refractivity contribution in [3.8, 4) is 0 Å². The highest BCUT2D eigenvalue weighted by molar-refractivity contribution is 5.86. The molecule has 0 spiro atoms. The number of hydrogen-bond donors (Lipinski definition) is 1. The first-order valence-electron chi connectivity index (χ1n) is 10.6. The summed E-state index contributed by atoms with van der Waals surface area (Å²) in [6, 6.07) is 18.1. The maximum Gasteiger partial charge on any atom is 0.407 e. The lowest BCUT2D eigenvalue weighted by Crippen LogP contribution is -2.47. The smallest absolute Gasteiger partial charge is 0.407 e. The molecular weight excluding hydrogens is 378 g/mol. The summed E-state index contributed by atoms with van der Waals surface area (Å²) >= 11 is 0. The van der Waals surface area contributed by atoms with E-state index in [9.17, 15) is 4.79 Å². The first-order chi connectivity index (χ1) is 14.7. The van der Waals surface area contributed by atoms with Gasteiger partial charge in [-0.25, -0.2) is 4.79 Å². The maximum absolute atomic E-state index is 12.7. The van der Waals surface area contributed by atoms with E-state index in [4.69, 9.17) is 9.57 Å². The molecule has 3 aromatic rings. The van der Waals surface area contributed by atoms with Gasteiger partial charge in [0.15, 0.2) is 0 Å². The number of rotatable bonds is 4. The number of aromatic nitrogens is 1. The average Bonchev–Trinajstić information content (AvgIpc) is 3.16. The van der Waals surface area contributed by atoms with Gasteiger partial charge in [0.25, 0.3) is 0 Å². The van der Waals surface area contributed by atoms with Gasteiger partial charge in [0.05, 0.1) is 17.8 Å². The van der Waals surface area contributed by atoms with Crippen molar-refractivity contribution in [3.05, 3.63) is 71.4 Å². The number of hydroxylamine groups is 2. The van der Waals surface area contributed by atoms with Crippen molar-refractivity contribution in [2.45, 2.75) is 44.6 Å². The van der Waals surface area contributed by atoms with Gasteiger partial charge in [-0.15, -0.1) is 0 Å². The third kappa shape index (κ3) is 3.16. The lowest BCUT2D eigenvalue weighted by molar-refractivity contribution is -0.161. The van der Waals surface area contributed by atoms with Crippen LogP contribution in [0.2, 0.25) is 0 Å². The van der Waals surface area contributed by atoms with Crippen LogP contribution in [0.25, 0.3) is 10.9 Å². The van der Waals surface area contributed by atoms with E-state index in [2.05, 4.69) is 53.2 Å². The minimum atomic E-state index is -0.404. The van der Waals surface area contributed by atoms with Crippen molar-refractivity contribution in [2.75, 3.05) is 6.54 Å². The zero-order valence-corrected chi connectivity index (χ0v) is 17.4. The number of aryl methyl sites for hydroxylation is 1. The number of fused-ring (bicyclic) bond motifs is 6. The monoisotopic (exact) mass is 405 g/mol. The molecule has 2 bridgehead atoms. The molecule has 4 atom stereocenters. The predicted octanol–water partition coefficient (Wildman–Crippen LogP) is 4.10. The summed E-state index contributed by atoms with van der Waals surface area (Å²) in [6.07, 6.45) is 1.20. The highest BCUT2D eigenvalue weighted by Crippen LogP contribution is 2.42. The molecule has 0 aliphatic carbocycles. The largest absolute Gasteiger partial charge is 0.445 e. The normalized spacial score (nSPS) is 25.0. The number of carbonyl (C=O) groups is 1. The molecule has 6 heteroatoms. The molecule has 6 nitrogen and oxygen atoms in total. The van der Waals surface area contributed by atoms with Gasteiger partial charge in [-0.2, -0.15) is 5.06 Å². The fraction of sp³-hybridized carbons (Fsp3) is 0.375. The Kier molecular flexibility index (Phi) is 4.97.